The predicted molar refractivity (Wildman–Crippen MR) is 109 cm³/mol. The Bertz CT molecular complexity index is 635. The van der Waals surface area contributed by atoms with Crippen molar-refractivity contribution in [2.24, 2.45) is 0 Å². The van der Waals surface area contributed by atoms with Crippen LogP contribution in [-0.2, 0) is 23.5 Å². The summed E-state index contributed by atoms with van der Waals surface area (Å²) in [5, 5.41) is 0.0326. The minimum absolute atomic E-state index is 0.0326. The molecule has 9 heteroatoms. The second-order valence-electron chi connectivity index (χ2n) is 9.92. The van der Waals surface area contributed by atoms with Gasteiger partial charge in [-0.15, -0.1) is 0 Å². The number of rotatable bonds is 5. The number of carbonyl (C=O) groups is 1. The topological polar surface area (TPSA) is 82.1 Å². The Hall–Kier alpha value is -0.643. The van der Waals surface area contributed by atoms with Crippen molar-refractivity contribution >= 4 is 24.5 Å². The summed E-state index contributed by atoms with van der Waals surface area (Å²) in [4.78, 5) is 14.3. The number of likely N-dealkylation sites (tertiary alicyclic amines) is 1. The van der Waals surface area contributed by atoms with Crippen LogP contribution in [0.1, 0.15) is 54.9 Å². The molecule has 1 amide bonds. The van der Waals surface area contributed by atoms with Crippen LogP contribution >= 0.6 is 0 Å². The van der Waals surface area contributed by atoms with E-state index in [4.69, 9.17) is 13.3 Å². The maximum Gasteiger partial charge on any atom is 0.410 e. The highest BCUT2D eigenvalue weighted by molar-refractivity contribution is 7.85. The Morgan fingerprint density at radius 3 is 2.07 bits per heavy atom. The van der Waals surface area contributed by atoms with Crippen molar-refractivity contribution in [3.63, 3.8) is 0 Å². The lowest BCUT2D eigenvalue weighted by atomic mass is 10.2. The normalized spacial score (nSPS) is 25.0. The van der Waals surface area contributed by atoms with Gasteiger partial charge < -0.3 is 9.16 Å². The fraction of sp³-hybridized carbons (Fsp3) is 0.944. The molecule has 0 bridgehead atoms. The predicted octanol–water partition coefficient (Wildman–Crippen LogP) is 3.75. The average Bonchev–Trinajstić information content (AvgIpc) is 2.68. The summed E-state index contributed by atoms with van der Waals surface area (Å²) in [5.41, 5.74) is -0.641. The summed E-state index contributed by atoms with van der Waals surface area (Å²) < 4.78 is 39.9. The Labute approximate surface area is 166 Å². The number of nitrogens with zero attached hydrogens (tertiary/aromatic N) is 1. The largest absolute Gasteiger partial charge is 0.444 e. The zero-order chi connectivity index (χ0) is 21.4. The molecule has 0 N–H and O–H groups in total. The van der Waals surface area contributed by atoms with Crippen LogP contribution in [0.5, 0.6) is 0 Å². The molecule has 0 aromatic rings. The lowest BCUT2D eigenvalue weighted by molar-refractivity contribution is 0.00807. The SMILES string of the molecule is C[C@@H]1[C@H](O[Si](C)(C)C(C)(C)C)C[C@@H](COS(C)(=O)=O)N1C(=O)OC(C)(C)C. The zero-order valence-electron chi connectivity index (χ0n) is 18.5. The van der Waals surface area contributed by atoms with Crippen LogP contribution in [0, 0.1) is 0 Å². The molecule has 0 spiro atoms. The van der Waals surface area contributed by atoms with Crippen molar-refractivity contribution in [1.82, 2.24) is 4.90 Å². The highest BCUT2D eigenvalue weighted by Crippen LogP contribution is 2.40. The first-order chi connectivity index (χ1) is 11.8. The van der Waals surface area contributed by atoms with E-state index in [0.29, 0.717) is 6.42 Å². The van der Waals surface area contributed by atoms with Gasteiger partial charge >= 0.3 is 6.09 Å². The second kappa shape index (κ2) is 8.00. The third-order valence-corrected chi connectivity index (χ3v) is 10.3. The molecule has 27 heavy (non-hydrogen) atoms. The number of hydrogen-bond acceptors (Lipinski definition) is 6. The third-order valence-electron chi connectivity index (χ3n) is 5.21. The maximum atomic E-state index is 12.8. The Morgan fingerprint density at radius 1 is 1.15 bits per heavy atom. The van der Waals surface area contributed by atoms with E-state index < -0.39 is 36.2 Å². The molecule has 1 fully saturated rings. The highest BCUT2D eigenvalue weighted by atomic mass is 32.2. The second-order valence-corrected chi connectivity index (χ2v) is 16.3. The van der Waals surface area contributed by atoms with Gasteiger partial charge in [-0.1, -0.05) is 20.8 Å². The van der Waals surface area contributed by atoms with Crippen LogP contribution in [0.2, 0.25) is 18.1 Å². The summed E-state index contributed by atoms with van der Waals surface area (Å²) in [6.45, 7) is 18.0. The van der Waals surface area contributed by atoms with E-state index in [9.17, 15) is 13.2 Å². The van der Waals surface area contributed by atoms with Crippen LogP contribution < -0.4 is 0 Å². The van der Waals surface area contributed by atoms with Gasteiger partial charge in [0.1, 0.15) is 5.60 Å². The van der Waals surface area contributed by atoms with Gasteiger partial charge in [0.2, 0.25) is 0 Å². The van der Waals surface area contributed by atoms with Gasteiger partial charge in [-0.05, 0) is 52.2 Å². The van der Waals surface area contributed by atoms with Crippen molar-refractivity contribution < 1.29 is 26.6 Å². The quantitative estimate of drug-likeness (QED) is 0.495. The van der Waals surface area contributed by atoms with Gasteiger partial charge in [0.15, 0.2) is 8.32 Å². The molecule has 3 atom stereocenters. The van der Waals surface area contributed by atoms with Crippen molar-refractivity contribution in [3.05, 3.63) is 0 Å². The first-order valence-corrected chi connectivity index (χ1v) is 14.1. The maximum absolute atomic E-state index is 12.8. The number of amides is 1. The third kappa shape index (κ3) is 7.03. The summed E-state index contributed by atoms with van der Waals surface area (Å²) in [6, 6.07) is -0.651. The summed E-state index contributed by atoms with van der Waals surface area (Å²) in [7, 11) is -5.65. The van der Waals surface area contributed by atoms with Crippen molar-refractivity contribution in [2.75, 3.05) is 12.9 Å². The number of ether oxygens (including phenoxy) is 1. The lowest BCUT2D eigenvalue weighted by Crippen LogP contribution is -2.49. The molecule has 0 aliphatic carbocycles. The highest BCUT2D eigenvalue weighted by Gasteiger charge is 2.48. The average molecular weight is 424 g/mol. The fourth-order valence-electron chi connectivity index (χ4n) is 2.77. The zero-order valence-corrected chi connectivity index (χ0v) is 20.3. The Balaban J connectivity index is 3.06. The molecule has 0 aromatic heterocycles. The van der Waals surface area contributed by atoms with Crippen LogP contribution in [0.25, 0.3) is 0 Å². The molecule has 1 saturated heterocycles. The van der Waals surface area contributed by atoms with Gasteiger partial charge in [-0.25, -0.2) is 4.79 Å². The van der Waals surface area contributed by atoms with Gasteiger partial charge in [0.25, 0.3) is 10.1 Å². The summed E-state index contributed by atoms with van der Waals surface area (Å²) in [5.74, 6) is 0. The molecule has 0 unspecified atom stereocenters. The van der Waals surface area contributed by atoms with E-state index in [1.165, 1.54) is 0 Å². The molecular weight excluding hydrogens is 386 g/mol. The molecule has 0 saturated carbocycles. The molecule has 160 valence electrons. The number of hydrogen-bond donors (Lipinski definition) is 0. The Morgan fingerprint density at radius 2 is 1.67 bits per heavy atom. The molecular formula is C18H37NO6SSi. The van der Waals surface area contributed by atoms with Crippen molar-refractivity contribution in [1.29, 1.82) is 0 Å². The van der Waals surface area contributed by atoms with Gasteiger partial charge in [0, 0.05) is 0 Å². The first kappa shape index (κ1) is 24.4. The summed E-state index contributed by atoms with van der Waals surface area (Å²) >= 11 is 0. The molecule has 1 rings (SSSR count). The van der Waals surface area contributed by atoms with Crippen LogP contribution in [-0.4, -0.2) is 64.4 Å². The molecule has 1 heterocycles. The van der Waals surface area contributed by atoms with E-state index in [2.05, 4.69) is 33.9 Å². The molecule has 0 radical (unpaired) electrons. The molecule has 0 aromatic carbocycles. The molecule has 7 nitrogen and oxygen atoms in total. The van der Waals surface area contributed by atoms with Crippen molar-refractivity contribution in [2.45, 2.75) is 96.8 Å². The fourth-order valence-corrected chi connectivity index (χ4v) is 4.58. The van der Waals surface area contributed by atoms with Gasteiger partial charge in [-0.3, -0.25) is 9.08 Å². The monoisotopic (exact) mass is 423 g/mol. The van der Waals surface area contributed by atoms with Crippen LogP contribution in [0.15, 0.2) is 0 Å². The lowest BCUT2D eigenvalue weighted by Gasteiger charge is -2.39. The Kier molecular flexibility index (Phi) is 7.23. The van der Waals surface area contributed by atoms with E-state index in [1.54, 1.807) is 25.7 Å². The first-order valence-electron chi connectivity index (χ1n) is 9.37. The van der Waals surface area contributed by atoms with Crippen molar-refractivity contribution in [3.8, 4) is 0 Å². The van der Waals surface area contributed by atoms with Crippen LogP contribution in [0.4, 0.5) is 4.79 Å². The van der Waals surface area contributed by atoms with Gasteiger partial charge in [0.05, 0.1) is 31.1 Å². The smallest absolute Gasteiger partial charge is 0.410 e. The van der Waals surface area contributed by atoms with E-state index in [-0.39, 0.29) is 23.8 Å². The van der Waals surface area contributed by atoms with E-state index >= 15 is 0 Å². The standard InChI is InChI=1S/C18H37NO6SSi/c1-13-15(25-27(9,10)18(5,6)7)11-14(12-23-26(8,21)22)19(13)16(20)24-17(2,3)4/h13-15H,11-12H2,1-10H3/t13-,14+,15-/m1/s1. The van der Waals surface area contributed by atoms with Gasteiger partial charge in [-0.2, -0.15) is 8.42 Å². The minimum Gasteiger partial charge on any atom is -0.444 e. The molecule has 1 aliphatic rings. The minimum atomic E-state index is -3.60. The number of carbonyl (C=O) groups excluding carboxylic acids is 1. The summed E-state index contributed by atoms with van der Waals surface area (Å²) in [6.07, 6.45) is 0.861. The molecule has 1 aliphatic heterocycles. The van der Waals surface area contributed by atoms with Crippen LogP contribution in [0.3, 0.4) is 0 Å². The van der Waals surface area contributed by atoms with E-state index in [1.807, 2.05) is 6.92 Å². The van der Waals surface area contributed by atoms with E-state index in [0.717, 1.165) is 6.26 Å².